The zero-order valence-electron chi connectivity index (χ0n) is 14.6. The molecule has 0 radical (unpaired) electrons. The number of aromatic nitrogens is 2. The highest BCUT2D eigenvalue weighted by Gasteiger charge is 2.38. The summed E-state index contributed by atoms with van der Waals surface area (Å²) in [6, 6.07) is 7.43. The molecule has 7 nitrogen and oxygen atoms in total. The molecule has 1 aromatic heterocycles. The third kappa shape index (κ3) is 3.42. The Balaban J connectivity index is 1.35. The first-order valence-corrected chi connectivity index (χ1v) is 8.84. The summed E-state index contributed by atoms with van der Waals surface area (Å²) in [5.74, 6) is 1.78. The molecule has 1 amide bonds. The van der Waals surface area contributed by atoms with Crippen molar-refractivity contribution in [3.8, 4) is 17.4 Å². The zero-order valence-corrected chi connectivity index (χ0v) is 14.6. The van der Waals surface area contributed by atoms with Crippen LogP contribution in [0.1, 0.15) is 19.8 Å². The van der Waals surface area contributed by atoms with Gasteiger partial charge in [0, 0.05) is 38.3 Å². The second kappa shape index (κ2) is 7.19. The molecule has 2 atom stereocenters. The number of carbonyl (C=O) groups excluding carboxylic acids is 1. The molecule has 0 bridgehead atoms. The largest absolute Gasteiger partial charge is 0.482 e. The van der Waals surface area contributed by atoms with Crippen molar-refractivity contribution in [2.45, 2.75) is 38.1 Å². The van der Waals surface area contributed by atoms with Crippen molar-refractivity contribution >= 4 is 5.91 Å². The number of carbonyl (C=O) groups is 1. The predicted molar refractivity (Wildman–Crippen MR) is 93.2 cm³/mol. The van der Waals surface area contributed by atoms with Crippen LogP contribution >= 0.6 is 0 Å². The monoisotopic (exact) mass is 355 g/mol. The maximum atomic E-state index is 12.9. The Hall–Kier alpha value is -2.83. The Kier molecular flexibility index (Phi) is 4.60. The highest BCUT2D eigenvalue weighted by molar-refractivity contribution is 5.82. The lowest BCUT2D eigenvalue weighted by Crippen LogP contribution is -2.53. The molecule has 26 heavy (non-hydrogen) atoms. The molecule has 1 saturated heterocycles. The normalized spacial score (nSPS) is 22.7. The fourth-order valence-corrected chi connectivity index (χ4v) is 3.28. The van der Waals surface area contributed by atoms with E-state index in [1.807, 2.05) is 36.1 Å². The van der Waals surface area contributed by atoms with Crippen LogP contribution in [0, 0.1) is 0 Å². The number of rotatable bonds is 3. The third-order valence-corrected chi connectivity index (χ3v) is 4.67. The van der Waals surface area contributed by atoms with Gasteiger partial charge in [-0.2, -0.15) is 0 Å². The summed E-state index contributed by atoms with van der Waals surface area (Å²) in [6.07, 6.45) is 5.41. The van der Waals surface area contributed by atoms with E-state index in [9.17, 15) is 4.79 Å². The van der Waals surface area contributed by atoms with Gasteiger partial charge in [0.2, 0.25) is 12.0 Å². The molecule has 4 rings (SSSR count). The second-order valence-electron chi connectivity index (χ2n) is 6.49. The fraction of sp³-hybridized carbons (Fsp3) is 0.421. The van der Waals surface area contributed by atoms with Gasteiger partial charge in [0.15, 0.2) is 11.5 Å². The lowest BCUT2D eigenvalue weighted by Gasteiger charge is -2.37. The van der Waals surface area contributed by atoms with Crippen molar-refractivity contribution in [2.24, 2.45) is 0 Å². The summed E-state index contributed by atoms with van der Waals surface area (Å²) >= 11 is 0. The number of piperidine rings is 1. The van der Waals surface area contributed by atoms with Crippen molar-refractivity contribution in [3.63, 3.8) is 0 Å². The number of likely N-dealkylation sites (tertiary alicyclic amines) is 1. The highest BCUT2D eigenvalue weighted by atomic mass is 16.6. The molecular formula is C19H21N3O4. The molecule has 0 spiro atoms. The Morgan fingerprint density at radius 2 is 1.88 bits per heavy atom. The summed E-state index contributed by atoms with van der Waals surface area (Å²) in [7, 11) is 0. The van der Waals surface area contributed by atoms with E-state index in [4.69, 9.17) is 14.2 Å². The summed E-state index contributed by atoms with van der Waals surface area (Å²) in [6.45, 7) is 3.11. The average Bonchev–Trinajstić information content (AvgIpc) is 2.68. The van der Waals surface area contributed by atoms with Crippen LogP contribution in [0.4, 0.5) is 0 Å². The minimum absolute atomic E-state index is 0.0371. The van der Waals surface area contributed by atoms with Gasteiger partial charge >= 0.3 is 0 Å². The number of fused-ring (bicyclic) bond motifs is 1. The van der Waals surface area contributed by atoms with Gasteiger partial charge in [0.1, 0.15) is 12.2 Å². The molecule has 2 aliphatic rings. The van der Waals surface area contributed by atoms with Crippen molar-refractivity contribution in [3.05, 3.63) is 42.9 Å². The maximum Gasteiger partial charge on any atom is 0.267 e. The van der Waals surface area contributed by atoms with Crippen LogP contribution in [0.3, 0.4) is 0 Å². The SMILES string of the molecule is CC1Oc2ccccc2OC1C(=O)N1CCC(Oc2cnccn2)CC1. The first-order valence-electron chi connectivity index (χ1n) is 8.84. The van der Waals surface area contributed by atoms with Crippen molar-refractivity contribution < 1.29 is 19.0 Å². The second-order valence-corrected chi connectivity index (χ2v) is 6.49. The van der Waals surface area contributed by atoms with Crippen LogP contribution in [-0.2, 0) is 4.79 Å². The molecule has 1 aromatic carbocycles. The molecule has 136 valence electrons. The summed E-state index contributed by atoms with van der Waals surface area (Å²) in [5.41, 5.74) is 0. The fourth-order valence-electron chi connectivity index (χ4n) is 3.28. The molecule has 3 heterocycles. The first kappa shape index (κ1) is 16.6. The topological polar surface area (TPSA) is 73.8 Å². The zero-order chi connectivity index (χ0) is 17.9. The summed E-state index contributed by atoms with van der Waals surface area (Å²) in [4.78, 5) is 22.9. The van der Waals surface area contributed by atoms with E-state index < -0.39 is 6.10 Å². The summed E-state index contributed by atoms with van der Waals surface area (Å²) < 4.78 is 17.6. The van der Waals surface area contributed by atoms with E-state index in [0.717, 1.165) is 12.8 Å². The van der Waals surface area contributed by atoms with E-state index in [2.05, 4.69) is 9.97 Å². The van der Waals surface area contributed by atoms with Crippen molar-refractivity contribution in [1.29, 1.82) is 0 Å². The molecular weight excluding hydrogens is 334 g/mol. The average molecular weight is 355 g/mol. The number of hydrogen-bond acceptors (Lipinski definition) is 6. The van der Waals surface area contributed by atoms with Gasteiger partial charge in [-0.1, -0.05) is 12.1 Å². The Morgan fingerprint density at radius 1 is 1.15 bits per heavy atom. The lowest BCUT2D eigenvalue weighted by atomic mass is 10.1. The lowest BCUT2D eigenvalue weighted by molar-refractivity contribution is -0.146. The van der Waals surface area contributed by atoms with Crippen LogP contribution in [0.25, 0.3) is 0 Å². The number of nitrogens with zero attached hydrogens (tertiary/aromatic N) is 3. The number of ether oxygens (including phenoxy) is 3. The van der Waals surface area contributed by atoms with Crippen LogP contribution in [0.15, 0.2) is 42.9 Å². The molecule has 2 unspecified atom stereocenters. The van der Waals surface area contributed by atoms with Gasteiger partial charge in [-0.3, -0.25) is 9.78 Å². The van der Waals surface area contributed by atoms with E-state index in [1.165, 1.54) is 0 Å². The summed E-state index contributed by atoms with van der Waals surface area (Å²) in [5, 5.41) is 0. The van der Waals surface area contributed by atoms with E-state index in [0.29, 0.717) is 30.5 Å². The number of amides is 1. The van der Waals surface area contributed by atoms with Gasteiger partial charge in [0.25, 0.3) is 5.91 Å². The molecule has 0 saturated carbocycles. The maximum absolute atomic E-state index is 12.9. The molecule has 0 aliphatic carbocycles. The van der Waals surface area contributed by atoms with Gasteiger partial charge in [-0.25, -0.2) is 4.98 Å². The van der Waals surface area contributed by atoms with Gasteiger partial charge in [-0.05, 0) is 19.1 Å². The Labute approximate surface area is 151 Å². The minimum atomic E-state index is -0.623. The Bertz CT molecular complexity index is 762. The number of hydrogen-bond donors (Lipinski definition) is 0. The molecule has 2 aromatic rings. The van der Waals surface area contributed by atoms with Gasteiger partial charge in [-0.15, -0.1) is 0 Å². The molecule has 1 fully saturated rings. The first-order chi connectivity index (χ1) is 12.7. The van der Waals surface area contributed by atoms with Gasteiger partial charge in [0.05, 0.1) is 6.20 Å². The smallest absolute Gasteiger partial charge is 0.267 e. The van der Waals surface area contributed by atoms with Crippen molar-refractivity contribution in [2.75, 3.05) is 13.1 Å². The van der Waals surface area contributed by atoms with E-state index >= 15 is 0 Å². The highest BCUT2D eigenvalue weighted by Crippen LogP contribution is 2.34. The Morgan fingerprint density at radius 3 is 2.58 bits per heavy atom. The minimum Gasteiger partial charge on any atom is -0.482 e. The molecule has 0 N–H and O–H groups in total. The van der Waals surface area contributed by atoms with Crippen molar-refractivity contribution in [1.82, 2.24) is 14.9 Å². The van der Waals surface area contributed by atoms with E-state index in [-0.39, 0.29) is 18.1 Å². The molecule has 2 aliphatic heterocycles. The van der Waals surface area contributed by atoms with Crippen LogP contribution < -0.4 is 14.2 Å². The van der Waals surface area contributed by atoms with Crippen LogP contribution in [0.5, 0.6) is 17.4 Å². The predicted octanol–water partition coefficient (Wildman–Crippen LogP) is 2.07. The van der Waals surface area contributed by atoms with Gasteiger partial charge < -0.3 is 19.1 Å². The number of benzene rings is 1. The third-order valence-electron chi connectivity index (χ3n) is 4.67. The standard InChI is InChI=1S/C19H21N3O4/c1-13-18(26-16-5-3-2-4-15(16)24-13)19(23)22-10-6-14(7-11-22)25-17-12-20-8-9-21-17/h2-5,8-9,12-14,18H,6-7,10-11H2,1H3. The van der Waals surface area contributed by atoms with E-state index in [1.54, 1.807) is 18.6 Å². The quantitative estimate of drug-likeness (QED) is 0.839. The van der Waals surface area contributed by atoms with Crippen LogP contribution in [0.2, 0.25) is 0 Å². The van der Waals surface area contributed by atoms with Crippen LogP contribution in [-0.4, -0.2) is 52.2 Å². The number of para-hydroxylation sites is 2. The molecule has 7 heteroatoms.